The lowest BCUT2D eigenvalue weighted by Gasteiger charge is -2.15. The number of phenols is 2. The Bertz CT molecular complexity index is 570. The smallest absolute Gasteiger partial charge is 0.306 e. The minimum absolute atomic E-state index is 0.0622. The lowest BCUT2D eigenvalue weighted by atomic mass is 9.90. The molecule has 0 saturated carbocycles. The van der Waals surface area contributed by atoms with Crippen molar-refractivity contribution in [3.63, 3.8) is 0 Å². The van der Waals surface area contributed by atoms with E-state index in [2.05, 4.69) is 6.58 Å². The molecule has 0 aliphatic heterocycles. The standard InChI is InChI=1S/C17H20O6/c1-2-13(11-19)14(5-7-18)10-17(22)23-8-6-12-3-4-15(20)16(21)9-12/h2-5,7,9,11,13-14,18,20-21H,1,6,8,10H2/b7-5-/t13?,14-/m0/s1. The van der Waals surface area contributed by atoms with Crippen molar-refractivity contribution >= 4 is 12.3 Å². The molecular formula is C17H20O6. The third kappa shape index (κ3) is 5.86. The lowest BCUT2D eigenvalue weighted by molar-refractivity contribution is -0.144. The predicted octanol–water partition coefficient (Wildman–Crippen LogP) is 2.26. The number of aliphatic hydroxyl groups excluding tert-OH is 1. The zero-order chi connectivity index (χ0) is 17.2. The molecule has 124 valence electrons. The Morgan fingerprint density at radius 3 is 2.61 bits per heavy atom. The van der Waals surface area contributed by atoms with Crippen LogP contribution in [0.3, 0.4) is 0 Å². The van der Waals surface area contributed by atoms with Crippen molar-refractivity contribution in [1.82, 2.24) is 0 Å². The van der Waals surface area contributed by atoms with Gasteiger partial charge in [-0.25, -0.2) is 0 Å². The van der Waals surface area contributed by atoms with E-state index in [4.69, 9.17) is 9.84 Å². The van der Waals surface area contributed by atoms with Crippen molar-refractivity contribution in [2.24, 2.45) is 11.8 Å². The van der Waals surface area contributed by atoms with Gasteiger partial charge in [0.15, 0.2) is 11.5 Å². The van der Waals surface area contributed by atoms with E-state index in [9.17, 15) is 19.8 Å². The number of ether oxygens (including phenoxy) is 1. The summed E-state index contributed by atoms with van der Waals surface area (Å²) in [6, 6.07) is 4.36. The molecule has 0 spiro atoms. The van der Waals surface area contributed by atoms with Crippen LogP contribution in [0, 0.1) is 11.8 Å². The van der Waals surface area contributed by atoms with Crippen molar-refractivity contribution in [3.8, 4) is 11.5 Å². The molecule has 0 bridgehead atoms. The second-order valence-corrected chi connectivity index (χ2v) is 4.95. The number of aliphatic hydroxyl groups is 1. The highest BCUT2D eigenvalue weighted by Crippen LogP contribution is 2.25. The van der Waals surface area contributed by atoms with Crippen molar-refractivity contribution < 1.29 is 29.6 Å². The number of aromatic hydroxyl groups is 2. The third-order valence-corrected chi connectivity index (χ3v) is 3.35. The first-order valence-corrected chi connectivity index (χ1v) is 7.07. The molecule has 0 aliphatic rings. The summed E-state index contributed by atoms with van der Waals surface area (Å²) in [6.07, 6.45) is 4.51. The second kappa shape index (κ2) is 9.30. The third-order valence-electron chi connectivity index (χ3n) is 3.35. The van der Waals surface area contributed by atoms with Crippen molar-refractivity contribution in [2.45, 2.75) is 12.8 Å². The topological polar surface area (TPSA) is 104 Å². The first-order chi connectivity index (χ1) is 11.0. The number of aldehydes is 1. The summed E-state index contributed by atoms with van der Waals surface area (Å²) < 4.78 is 5.08. The van der Waals surface area contributed by atoms with E-state index in [0.717, 1.165) is 6.26 Å². The zero-order valence-corrected chi connectivity index (χ0v) is 12.6. The van der Waals surface area contributed by atoms with Gasteiger partial charge in [0, 0.05) is 18.3 Å². The fraction of sp³-hybridized carbons (Fsp3) is 0.294. The fourth-order valence-corrected chi connectivity index (χ4v) is 2.03. The average molecular weight is 320 g/mol. The van der Waals surface area contributed by atoms with E-state index in [1.807, 2.05) is 0 Å². The molecule has 2 atom stereocenters. The van der Waals surface area contributed by atoms with E-state index in [-0.39, 0.29) is 24.5 Å². The molecule has 0 aliphatic carbocycles. The Kier molecular flexibility index (Phi) is 7.39. The first-order valence-electron chi connectivity index (χ1n) is 7.07. The summed E-state index contributed by atoms with van der Waals surface area (Å²) in [6.45, 7) is 3.61. The number of esters is 1. The van der Waals surface area contributed by atoms with E-state index >= 15 is 0 Å². The summed E-state index contributed by atoms with van der Waals surface area (Å²) in [5.41, 5.74) is 0.705. The maximum absolute atomic E-state index is 11.8. The molecule has 0 saturated heterocycles. The number of carbonyl (C=O) groups is 2. The van der Waals surface area contributed by atoms with Gasteiger partial charge < -0.3 is 24.9 Å². The van der Waals surface area contributed by atoms with Crippen molar-refractivity contribution in [1.29, 1.82) is 0 Å². The number of carbonyl (C=O) groups excluding carboxylic acids is 2. The number of allylic oxidation sites excluding steroid dienone is 2. The van der Waals surface area contributed by atoms with E-state index in [0.29, 0.717) is 18.3 Å². The monoisotopic (exact) mass is 320 g/mol. The summed E-state index contributed by atoms with van der Waals surface area (Å²) in [7, 11) is 0. The molecule has 6 heteroatoms. The Hall–Kier alpha value is -2.76. The number of hydrogen-bond donors (Lipinski definition) is 3. The molecule has 1 unspecified atom stereocenters. The predicted molar refractivity (Wildman–Crippen MR) is 84.1 cm³/mol. The van der Waals surface area contributed by atoms with Gasteiger partial charge >= 0.3 is 5.97 Å². The van der Waals surface area contributed by atoms with Crippen LogP contribution in [0.15, 0.2) is 43.2 Å². The molecule has 23 heavy (non-hydrogen) atoms. The van der Waals surface area contributed by atoms with Gasteiger partial charge in [-0.2, -0.15) is 0 Å². The highest BCUT2D eigenvalue weighted by molar-refractivity contribution is 5.71. The van der Waals surface area contributed by atoms with Gasteiger partial charge in [-0.3, -0.25) is 4.79 Å². The molecule has 0 radical (unpaired) electrons. The van der Waals surface area contributed by atoms with Gasteiger partial charge in [-0.1, -0.05) is 12.1 Å². The highest BCUT2D eigenvalue weighted by Gasteiger charge is 2.20. The van der Waals surface area contributed by atoms with Crippen LogP contribution in [0.5, 0.6) is 11.5 Å². The van der Waals surface area contributed by atoms with Gasteiger partial charge in [0.05, 0.1) is 19.3 Å². The van der Waals surface area contributed by atoms with Gasteiger partial charge in [0.25, 0.3) is 0 Å². The quantitative estimate of drug-likeness (QED) is 0.212. The minimum atomic E-state index is -0.583. The number of hydrogen-bond acceptors (Lipinski definition) is 6. The first kappa shape index (κ1) is 18.3. The molecule has 0 fully saturated rings. The average Bonchev–Trinajstić information content (AvgIpc) is 2.52. The molecule has 1 rings (SSSR count). The molecule has 0 aromatic heterocycles. The molecule has 1 aromatic rings. The van der Waals surface area contributed by atoms with Crippen LogP contribution < -0.4 is 0 Å². The Balaban J connectivity index is 2.50. The summed E-state index contributed by atoms with van der Waals surface area (Å²) in [4.78, 5) is 22.7. The Morgan fingerprint density at radius 1 is 1.30 bits per heavy atom. The fourth-order valence-electron chi connectivity index (χ4n) is 2.03. The van der Waals surface area contributed by atoms with Crippen LogP contribution >= 0.6 is 0 Å². The molecule has 0 heterocycles. The zero-order valence-electron chi connectivity index (χ0n) is 12.6. The van der Waals surface area contributed by atoms with Crippen molar-refractivity contribution in [3.05, 3.63) is 48.8 Å². The largest absolute Gasteiger partial charge is 0.516 e. The number of rotatable bonds is 9. The molecule has 6 nitrogen and oxygen atoms in total. The summed E-state index contributed by atoms with van der Waals surface area (Å²) >= 11 is 0. The van der Waals surface area contributed by atoms with E-state index < -0.39 is 17.8 Å². The SMILES string of the molecule is C=CC(C=O)[C@@H](/C=C\O)CC(=O)OCCc1ccc(O)c(O)c1. The van der Waals surface area contributed by atoms with E-state index in [1.165, 1.54) is 24.3 Å². The van der Waals surface area contributed by atoms with E-state index in [1.54, 1.807) is 6.07 Å². The lowest BCUT2D eigenvalue weighted by Crippen LogP contribution is -2.18. The maximum Gasteiger partial charge on any atom is 0.306 e. The van der Waals surface area contributed by atoms with Gasteiger partial charge in [-0.15, -0.1) is 6.58 Å². The van der Waals surface area contributed by atoms with Crippen LogP contribution in [-0.4, -0.2) is 34.2 Å². The number of benzene rings is 1. The highest BCUT2D eigenvalue weighted by atomic mass is 16.5. The molecule has 3 N–H and O–H groups in total. The Morgan fingerprint density at radius 2 is 2.04 bits per heavy atom. The van der Waals surface area contributed by atoms with Crippen LogP contribution in [0.25, 0.3) is 0 Å². The molecular weight excluding hydrogens is 300 g/mol. The van der Waals surface area contributed by atoms with Crippen LogP contribution in [-0.2, 0) is 20.7 Å². The van der Waals surface area contributed by atoms with Gasteiger partial charge in [-0.05, 0) is 23.8 Å². The normalized spacial score (nSPS) is 13.4. The van der Waals surface area contributed by atoms with Crippen LogP contribution in [0.2, 0.25) is 0 Å². The van der Waals surface area contributed by atoms with Gasteiger partial charge in [0.1, 0.15) is 6.29 Å². The minimum Gasteiger partial charge on any atom is -0.516 e. The second-order valence-electron chi connectivity index (χ2n) is 4.95. The maximum atomic E-state index is 11.8. The summed E-state index contributed by atoms with van der Waals surface area (Å²) in [5.74, 6) is -2.06. The van der Waals surface area contributed by atoms with Crippen LogP contribution in [0.1, 0.15) is 12.0 Å². The van der Waals surface area contributed by atoms with Crippen molar-refractivity contribution in [2.75, 3.05) is 6.61 Å². The Labute approximate surface area is 134 Å². The molecule has 0 amide bonds. The van der Waals surface area contributed by atoms with Gasteiger partial charge in [0.2, 0.25) is 0 Å². The summed E-state index contributed by atoms with van der Waals surface area (Å²) in [5, 5.41) is 27.4. The van der Waals surface area contributed by atoms with Crippen LogP contribution in [0.4, 0.5) is 0 Å². The molecule has 1 aromatic carbocycles. The number of phenolic OH excluding ortho intramolecular Hbond substituents is 2.